The Labute approximate surface area is 226 Å². The summed E-state index contributed by atoms with van der Waals surface area (Å²) in [4.78, 5) is 16.4. The third kappa shape index (κ3) is 7.63. The molecule has 2 heterocycles. The van der Waals surface area contributed by atoms with Crippen LogP contribution in [-0.2, 0) is 11.0 Å². The fourth-order valence-corrected chi connectivity index (χ4v) is 4.11. The number of carbonyl (C=O) groups excluding carboxylic acids is 1. The zero-order valence-electron chi connectivity index (χ0n) is 19.4. The minimum Gasteiger partial charge on any atom is -0.468 e. The Kier molecular flexibility index (Phi) is 8.35. The number of benzene rings is 2. The van der Waals surface area contributed by atoms with Crippen LogP contribution >= 0.6 is 23.4 Å². The summed E-state index contributed by atoms with van der Waals surface area (Å²) < 4.78 is 82.3. The minimum absolute atomic E-state index is 0.0193. The van der Waals surface area contributed by atoms with Crippen LogP contribution in [0.1, 0.15) is 5.56 Å². The Morgan fingerprint density at radius 3 is 2.38 bits per heavy atom. The fraction of sp³-hybridized carbons (Fsp3) is 0.167. The van der Waals surface area contributed by atoms with Crippen molar-refractivity contribution in [3.8, 4) is 23.0 Å². The van der Waals surface area contributed by atoms with Gasteiger partial charge in [-0.2, -0.15) is 26.3 Å². The van der Waals surface area contributed by atoms with Crippen LogP contribution in [0.5, 0.6) is 5.88 Å². The monoisotopic (exact) mass is 587 g/mol. The largest absolute Gasteiger partial charge is 0.468 e. The summed E-state index contributed by atoms with van der Waals surface area (Å²) in [5.41, 5.74) is 0.0207. The van der Waals surface area contributed by atoms with Crippen LogP contribution < -0.4 is 10.1 Å². The Balaban J connectivity index is 1.54. The number of carbonyl (C=O) groups is 1. The van der Waals surface area contributed by atoms with E-state index in [0.717, 1.165) is 23.9 Å². The van der Waals surface area contributed by atoms with Crippen molar-refractivity contribution in [3.63, 3.8) is 0 Å². The Morgan fingerprint density at radius 2 is 1.74 bits per heavy atom. The summed E-state index contributed by atoms with van der Waals surface area (Å²) in [6, 6.07) is 13.5. The van der Waals surface area contributed by atoms with Gasteiger partial charge in [-0.3, -0.25) is 9.36 Å². The SMILES string of the molecule is O=C(CSc1nnc(-c2ccc(OCC(F)(F)F)nc2)n1-c1ccc(Cl)cc1)Nc1cccc(C(F)(F)F)c1. The first-order valence-electron chi connectivity index (χ1n) is 10.9. The van der Waals surface area contributed by atoms with Crippen LogP contribution in [-0.4, -0.2) is 44.2 Å². The number of alkyl halides is 6. The van der Waals surface area contributed by atoms with E-state index in [2.05, 4.69) is 25.2 Å². The van der Waals surface area contributed by atoms with Crippen LogP contribution in [0.15, 0.2) is 72.0 Å². The molecule has 0 atom stereocenters. The van der Waals surface area contributed by atoms with E-state index < -0.39 is 30.4 Å². The quantitative estimate of drug-likeness (QED) is 0.183. The molecule has 0 fully saturated rings. The van der Waals surface area contributed by atoms with Crippen molar-refractivity contribution in [1.29, 1.82) is 0 Å². The van der Waals surface area contributed by atoms with Gasteiger partial charge in [0.2, 0.25) is 11.8 Å². The molecule has 0 saturated carbocycles. The summed E-state index contributed by atoms with van der Waals surface area (Å²) in [6.07, 6.45) is -7.82. The molecule has 0 aliphatic heterocycles. The van der Waals surface area contributed by atoms with Crippen molar-refractivity contribution in [2.45, 2.75) is 17.5 Å². The second-order valence-corrected chi connectivity index (χ2v) is 9.20. The maximum atomic E-state index is 13.0. The number of thioether (sulfide) groups is 1. The number of hydrogen-bond donors (Lipinski definition) is 1. The molecule has 39 heavy (non-hydrogen) atoms. The van der Waals surface area contributed by atoms with Gasteiger partial charge >= 0.3 is 12.4 Å². The topological polar surface area (TPSA) is 81.9 Å². The first kappa shape index (κ1) is 28.2. The molecule has 0 unspecified atom stereocenters. The normalized spacial score (nSPS) is 11.9. The van der Waals surface area contributed by atoms with Gasteiger partial charge in [-0.25, -0.2) is 4.98 Å². The van der Waals surface area contributed by atoms with Crippen molar-refractivity contribution in [2.24, 2.45) is 0 Å². The minimum atomic E-state index is -4.56. The average molecular weight is 588 g/mol. The number of nitrogens with zero attached hydrogens (tertiary/aromatic N) is 4. The van der Waals surface area contributed by atoms with Crippen molar-refractivity contribution in [2.75, 3.05) is 17.7 Å². The molecule has 204 valence electrons. The van der Waals surface area contributed by atoms with Crippen LogP contribution in [0.2, 0.25) is 5.02 Å². The van der Waals surface area contributed by atoms with Crippen LogP contribution in [0.25, 0.3) is 17.1 Å². The van der Waals surface area contributed by atoms with Gasteiger partial charge < -0.3 is 10.1 Å². The second-order valence-electron chi connectivity index (χ2n) is 7.82. The number of amides is 1. The summed E-state index contributed by atoms with van der Waals surface area (Å²) in [6.45, 7) is -1.50. The summed E-state index contributed by atoms with van der Waals surface area (Å²) in [5, 5.41) is 11.4. The summed E-state index contributed by atoms with van der Waals surface area (Å²) in [7, 11) is 0. The van der Waals surface area contributed by atoms with Gasteiger partial charge in [0, 0.05) is 34.2 Å². The fourth-order valence-electron chi connectivity index (χ4n) is 3.23. The summed E-state index contributed by atoms with van der Waals surface area (Å²) in [5.74, 6) is -0.786. The zero-order chi connectivity index (χ0) is 28.2. The lowest BCUT2D eigenvalue weighted by molar-refractivity contribution is -0.154. The maximum Gasteiger partial charge on any atom is 0.422 e. The van der Waals surface area contributed by atoms with Gasteiger partial charge in [-0.15, -0.1) is 10.2 Å². The molecule has 1 N–H and O–H groups in total. The number of nitrogens with one attached hydrogen (secondary N) is 1. The second kappa shape index (κ2) is 11.5. The molecule has 7 nitrogen and oxygen atoms in total. The van der Waals surface area contributed by atoms with Crippen molar-refractivity contribution >= 4 is 35.0 Å². The number of rotatable bonds is 8. The van der Waals surface area contributed by atoms with Crippen molar-refractivity contribution in [1.82, 2.24) is 19.7 Å². The number of aromatic nitrogens is 4. The average Bonchev–Trinajstić information content (AvgIpc) is 3.30. The van der Waals surface area contributed by atoms with E-state index in [1.807, 2.05) is 0 Å². The number of halogens is 7. The van der Waals surface area contributed by atoms with E-state index in [1.54, 1.807) is 28.8 Å². The lowest BCUT2D eigenvalue weighted by Crippen LogP contribution is -2.19. The molecular formula is C24H16ClF6N5O2S. The van der Waals surface area contributed by atoms with E-state index in [4.69, 9.17) is 11.6 Å². The van der Waals surface area contributed by atoms with Crippen molar-refractivity contribution in [3.05, 3.63) is 77.4 Å². The Hall–Kier alpha value is -3.78. The van der Waals surface area contributed by atoms with Crippen LogP contribution in [0, 0.1) is 0 Å². The zero-order valence-corrected chi connectivity index (χ0v) is 21.0. The highest BCUT2D eigenvalue weighted by molar-refractivity contribution is 7.99. The molecule has 0 spiro atoms. The number of hydrogen-bond acceptors (Lipinski definition) is 6. The smallest absolute Gasteiger partial charge is 0.422 e. The lowest BCUT2D eigenvalue weighted by Gasteiger charge is -2.12. The number of ether oxygens (including phenoxy) is 1. The highest BCUT2D eigenvalue weighted by Crippen LogP contribution is 2.32. The van der Waals surface area contributed by atoms with E-state index in [9.17, 15) is 31.1 Å². The van der Waals surface area contributed by atoms with Gasteiger partial charge in [0.25, 0.3) is 0 Å². The van der Waals surface area contributed by atoms with E-state index in [1.165, 1.54) is 30.5 Å². The van der Waals surface area contributed by atoms with Gasteiger partial charge in [0.1, 0.15) is 0 Å². The van der Waals surface area contributed by atoms with Gasteiger partial charge in [0.05, 0.1) is 11.3 Å². The molecule has 2 aromatic heterocycles. The first-order chi connectivity index (χ1) is 18.4. The third-order valence-electron chi connectivity index (χ3n) is 4.90. The highest BCUT2D eigenvalue weighted by Gasteiger charge is 2.31. The maximum absolute atomic E-state index is 13.0. The molecule has 15 heteroatoms. The predicted octanol–water partition coefficient (Wildman–Crippen LogP) is 6.67. The third-order valence-corrected chi connectivity index (χ3v) is 6.08. The molecule has 1 amide bonds. The van der Waals surface area contributed by atoms with Gasteiger partial charge in [0.15, 0.2) is 17.6 Å². The predicted molar refractivity (Wildman–Crippen MR) is 132 cm³/mol. The van der Waals surface area contributed by atoms with E-state index in [0.29, 0.717) is 16.3 Å². The standard InChI is InChI=1S/C24H16ClF6N5O2S/c25-16-5-7-18(8-6-16)36-21(14-4-9-20(32-11-14)38-13-23(26,27)28)34-35-22(36)39-12-19(37)33-17-3-1-2-15(10-17)24(29,30)31/h1-11H,12-13H2,(H,33,37). The Morgan fingerprint density at radius 1 is 1.00 bits per heavy atom. The number of anilines is 1. The lowest BCUT2D eigenvalue weighted by atomic mass is 10.2. The van der Waals surface area contributed by atoms with Crippen LogP contribution in [0.4, 0.5) is 32.0 Å². The first-order valence-corrected chi connectivity index (χ1v) is 12.2. The van der Waals surface area contributed by atoms with Crippen LogP contribution in [0.3, 0.4) is 0 Å². The molecular weight excluding hydrogens is 572 g/mol. The molecule has 4 rings (SSSR count). The molecule has 0 radical (unpaired) electrons. The van der Waals surface area contributed by atoms with Crippen molar-refractivity contribution < 1.29 is 35.9 Å². The molecule has 2 aromatic carbocycles. The highest BCUT2D eigenvalue weighted by atomic mass is 35.5. The van der Waals surface area contributed by atoms with Gasteiger partial charge in [-0.1, -0.05) is 29.4 Å². The molecule has 0 bridgehead atoms. The Bertz CT molecular complexity index is 1440. The molecule has 0 aliphatic rings. The summed E-state index contributed by atoms with van der Waals surface area (Å²) >= 11 is 6.96. The molecule has 0 saturated heterocycles. The van der Waals surface area contributed by atoms with E-state index >= 15 is 0 Å². The molecule has 4 aromatic rings. The van der Waals surface area contributed by atoms with E-state index in [-0.39, 0.29) is 28.3 Å². The molecule has 0 aliphatic carbocycles. The van der Waals surface area contributed by atoms with Gasteiger partial charge in [-0.05, 0) is 48.5 Å². The number of pyridine rings is 1.